The van der Waals surface area contributed by atoms with Gasteiger partial charge in [-0.1, -0.05) is 44.2 Å². The van der Waals surface area contributed by atoms with Crippen LogP contribution in [0.4, 0.5) is 0 Å². The van der Waals surface area contributed by atoms with Crippen molar-refractivity contribution in [1.82, 2.24) is 4.90 Å². The van der Waals surface area contributed by atoms with Gasteiger partial charge in [0.2, 0.25) is 0 Å². The van der Waals surface area contributed by atoms with Gasteiger partial charge < -0.3 is 9.64 Å². The Morgan fingerprint density at radius 3 is 2.50 bits per heavy atom. The fourth-order valence-electron chi connectivity index (χ4n) is 3.19. The van der Waals surface area contributed by atoms with Crippen molar-refractivity contribution in [1.29, 1.82) is 0 Å². The molecular formula is C18H24N2O2. The van der Waals surface area contributed by atoms with E-state index in [4.69, 9.17) is 4.74 Å². The van der Waals surface area contributed by atoms with Gasteiger partial charge in [0, 0.05) is 13.1 Å². The highest BCUT2D eigenvalue weighted by atomic mass is 16.5. The van der Waals surface area contributed by atoms with E-state index in [1.54, 1.807) is 0 Å². The van der Waals surface area contributed by atoms with Crippen LogP contribution in [-0.2, 0) is 16.0 Å². The summed E-state index contributed by atoms with van der Waals surface area (Å²) >= 11 is 0. The van der Waals surface area contributed by atoms with Crippen LogP contribution in [0, 0.1) is 11.8 Å². The standard InChI is InChI=1S/C18H24N2O2/c1-13(2)16-17(21)19-18(22-16)20-10-8-15(9-11-20)12-14-6-4-3-5-7-14/h3-7,13,15-16H,8-12H2,1-2H3. The molecule has 4 nitrogen and oxygen atoms in total. The molecule has 118 valence electrons. The number of carbonyl (C=O) groups excluding carboxylic acids is 1. The van der Waals surface area contributed by atoms with Gasteiger partial charge in [-0.05, 0) is 36.7 Å². The maximum Gasteiger partial charge on any atom is 0.296 e. The molecule has 0 aliphatic carbocycles. The topological polar surface area (TPSA) is 41.9 Å². The van der Waals surface area contributed by atoms with E-state index >= 15 is 0 Å². The van der Waals surface area contributed by atoms with Crippen LogP contribution in [0.25, 0.3) is 0 Å². The fraction of sp³-hybridized carbons (Fsp3) is 0.556. The van der Waals surface area contributed by atoms with Gasteiger partial charge in [-0.25, -0.2) is 0 Å². The second-order valence-electron chi connectivity index (χ2n) is 6.64. The number of aliphatic imine (C=N–C) groups is 1. The van der Waals surface area contributed by atoms with Crippen molar-refractivity contribution in [2.24, 2.45) is 16.8 Å². The third-order valence-electron chi connectivity index (χ3n) is 4.54. The summed E-state index contributed by atoms with van der Waals surface area (Å²) in [6.45, 7) is 5.84. The van der Waals surface area contributed by atoms with Crippen LogP contribution in [0.3, 0.4) is 0 Å². The molecule has 0 spiro atoms. The lowest BCUT2D eigenvalue weighted by Crippen LogP contribution is -2.40. The van der Waals surface area contributed by atoms with Crippen molar-refractivity contribution >= 4 is 11.9 Å². The first-order valence-corrected chi connectivity index (χ1v) is 8.21. The smallest absolute Gasteiger partial charge is 0.296 e. The van der Waals surface area contributed by atoms with Crippen molar-refractivity contribution in [3.8, 4) is 0 Å². The van der Waals surface area contributed by atoms with E-state index < -0.39 is 6.10 Å². The number of carbonyl (C=O) groups is 1. The van der Waals surface area contributed by atoms with E-state index in [2.05, 4.69) is 40.2 Å². The molecule has 2 aliphatic rings. The second-order valence-corrected chi connectivity index (χ2v) is 6.64. The Balaban J connectivity index is 1.52. The van der Waals surface area contributed by atoms with Crippen LogP contribution in [-0.4, -0.2) is 36.0 Å². The van der Waals surface area contributed by atoms with Crippen molar-refractivity contribution in [3.05, 3.63) is 35.9 Å². The molecule has 1 aromatic carbocycles. The number of piperidine rings is 1. The maximum absolute atomic E-state index is 11.8. The highest BCUT2D eigenvalue weighted by molar-refractivity contribution is 5.98. The van der Waals surface area contributed by atoms with Gasteiger partial charge >= 0.3 is 0 Å². The van der Waals surface area contributed by atoms with Crippen molar-refractivity contribution in [3.63, 3.8) is 0 Å². The summed E-state index contributed by atoms with van der Waals surface area (Å²) < 4.78 is 5.75. The molecule has 1 amide bonds. The van der Waals surface area contributed by atoms with Crippen LogP contribution in [0.1, 0.15) is 32.3 Å². The number of ether oxygens (including phenoxy) is 1. The first-order chi connectivity index (χ1) is 10.6. The van der Waals surface area contributed by atoms with E-state index in [9.17, 15) is 4.79 Å². The molecule has 3 rings (SSSR count). The number of amides is 1. The number of likely N-dealkylation sites (tertiary alicyclic amines) is 1. The van der Waals surface area contributed by atoms with Crippen LogP contribution < -0.4 is 0 Å². The average molecular weight is 300 g/mol. The van der Waals surface area contributed by atoms with Crippen molar-refractivity contribution < 1.29 is 9.53 Å². The molecule has 1 aromatic rings. The second kappa shape index (κ2) is 6.51. The van der Waals surface area contributed by atoms with Gasteiger partial charge in [-0.2, -0.15) is 4.99 Å². The summed E-state index contributed by atoms with van der Waals surface area (Å²) in [5.41, 5.74) is 1.41. The fourth-order valence-corrected chi connectivity index (χ4v) is 3.19. The third kappa shape index (κ3) is 3.32. The first-order valence-electron chi connectivity index (χ1n) is 8.21. The largest absolute Gasteiger partial charge is 0.451 e. The van der Waals surface area contributed by atoms with Gasteiger partial charge in [0.05, 0.1) is 0 Å². The Hall–Kier alpha value is -1.84. The Morgan fingerprint density at radius 2 is 1.91 bits per heavy atom. The SMILES string of the molecule is CC(C)C1OC(N2CCC(Cc3ccccc3)CC2)=NC1=O. The van der Waals surface area contributed by atoms with Crippen LogP contribution >= 0.6 is 0 Å². The molecule has 2 aliphatic heterocycles. The van der Waals surface area contributed by atoms with E-state index in [-0.39, 0.29) is 11.8 Å². The zero-order valence-corrected chi connectivity index (χ0v) is 13.4. The Bertz CT molecular complexity index is 545. The zero-order chi connectivity index (χ0) is 15.5. The van der Waals surface area contributed by atoms with Gasteiger partial charge in [0.25, 0.3) is 11.9 Å². The quantitative estimate of drug-likeness (QED) is 0.862. The predicted octanol–water partition coefficient (Wildman–Crippen LogP) is 2.88. The van der Waals surface area contributed by atoms with Crippen molar-refractivity contribution in [2.45, 2.75) is 39.2 Å². The molecule has 0 radical (unpaired) electrons. The van der Waals surface area contributed by atoms with Crippen LogP contribution in [0.15, 0.2) is 35.3 Å². The van der Waals surface area contributed by atoms with E-state index in [1.165, 1.54) is 5.56 Å². The summed E-state index contributed by atoms with van der Waals surface area (Å²) in [5, 5.41) is 0. The summed E-state index contributed by atoms with van der Waals surface area (Å²) in [6, 6.07) is 11.2. The lowest BCUT2D eigenvalue weighted by molar-refractivity contribution is -0.124. The average Bonchev–Trinajstić information content (AvgIpc) is 2.91. The van der Waals surface area contributed by atoms with Gasteiger partial charge in [-0.3, -0.25) is 4.79 Å². The van der Waals surface area contributed by atoms with E-state index in [1.807, 2.05) is 13.8 Å². The molecule has 4 heteroatoms. The van der Waals surface area contributed by atoms with Gasteiger partial charge in [-0.15, -0.1) is 0 Å². The summed E-state index contributed by atoms with van der Waals surface area (Å²) in [4.78, 5) is 18.1. The van der Waals surface area contributed by atoms with Crippen molar-refractivity contribution in [2.75, 3.05) is 13.1 Å². The maximum atomic E-state index is 11.8. The minimum absolute atomic E-state index is 0.128. The first kappa shape index (κ1) is 15.1. The number of benzene rings is 1. The highest BCUT2D eigenvalue weighted by Gasteiger charge is 2.35. The zero-order valence-electron chi connectivity index (χ0n) is 13.4. The van der Waals surface area contributed by atoms with Crippen LogP contribution in [0.2, 0.25) is 0 Å². The molecular weight excluding hydrogens is 276 g/mol. The monoisotopic (exact) mass is 300 g/mol. The Labute approximate surface area is 132 Å². The lowest BCUT2D eigenvalue weighted by Gasteiger charge is -2.32. The molecule has 1 fully saturated rings. The summed E-state index contributed by atoms with van der Waals surface area (Å²) in [5.74, 6) is 0.748. The third-order valence-corrected chi connectivity index (χ3v) is 4.54. The molecule has 2 heterocycles. The number of rotatable bonds is 3. The molecule has 1 unspecified atom stereocenters. The van der Waals surface area contributed by atoms with Crippen LogP contribution in [0.5, 0.6) is 0 Å². The number of amidine groups is 1. The molecule has 0 aromatic heterocycles. The normalized spacial score (nSPS) is 22.9. The summed E-state index contributed by atoms with van der Waals surface area (Å²) in [7, 11) is 0. The molecule has 22 heavy (non-hydrogen) atoms. The van der Waals surface area contributed by atoms with E-state index in [0.717, 1.165) is 32.4 Å². The molecule has 1 atom stereocenters. The molecule has 0 bridgehead atoms. The van der Waals surface area contributed by atoms with Gasteiger partial charge in [0.15, 0.2) is 6.10 Å². The molecule has 1 saturated heterocycles. The highest BCUT2D eigenvalue weighted by Crippen LogP contribution is 2.24. The predicted molar refractivity (Wildman–Crippen MR) is 86.6 cm³/mol. The lowest BCUT2D eigenvalue weighted by atomic mass is 9.90. The molecule has 0 N–H and O–H groups in total. The Morgan fingerprint density at radius 1 is 1.23 bits per heavy atom. The molecule has 0 saturated carbocycles. The number of hydrogen-bond donors (Lipinski definition) is 0. The minimum atomic E-state index is -0.392. The number of nitrogens with zero attached hydrogens (tertiary/aromatic N) is 2. The number of hydrogen-bond acceptors (Lipinski definition) is 3. The Kier molecular flexibility index (Phi) is 4.46. The minimum Gasteiger partial charge on any atom is -0.451 e. The van der Waals surface area contributed by atoms with Gasteiger partial charge in [0.1, 0.15) is 0 Å². The van der Waals surface area contributed by atoms with E-state index in [0.29, 0.717) is 11.9 Å². The summed E-state index contributed by atoms with van der Waals surface area (Å²) in [6.07, 6.45) is 2.99.